The largest absolute Gasteiger partial charge is 0.287 e. The molecule has 1 aliphatic heterocycles. The second-order valence-corrected chi connectivity index (χ2v) is 8.57. The molecule has 0 aliphatic carbocycles. The molecule has 27 heavy (non-hydrogen) atoms. The zero-order valence-corrected chi connectivity index (χ0v) is 17.1. The summed E-state index contributed by atoms with van der Waals surface area (Å²) in [5.41, 5.74) is 7.16. The quantitative estimate of drug-likeness (QED) is 0.499. The van der Waals surface area contributed by atoms with Crippen molar-refractivity contribution < 1.29 is 0 Å². The van der Waals surface area contributed by atoms with Crippen LogP contribution < -0.4 is 0 Å². The molecular formula is C25H27NS. The molecule has 138 valence electrons. The molecule has 1 atom stereocenters. The fourth-order valence-corrected chi connectivity index (χ4v) is 5.78. The lowest BCUT2D eigenvalue weighted by atomic mass is 9.91. The third kappa shape index (κ3) is 3.52. The molecule has 0 N–H and O–H groups in total. The number of hydrogen-bond donors (Lipinski definition) is 0. The Morgan fingerprint density at radius 3 is 2.52 bits per heavy atom. The third-order valence-electron chi connectivity index (χ3n) is 5.68. The molecule has 1 nitrogen and oxygen atoms in total. The van der Waals surface area contributed by atoms with E-state index in [4.69, 9.17) is 0 Å². The SMILES string of the molecule is C=Cc1ccc(CN2CCc3c(sc(C)c3CC)C2c2ccccc2)cc1. The first kappa shape index (κ1) is 18.2. The van der Waals surface area contributed by atoms with Crippen LogP contribution in [0.1, 0.15) is 50.5 Å². The minimum absolute atomic E-state index is 0.359. The normalized spacial score (nSPS) is 16.9. The summed E-state index contributed by atoms with van der Waals surface area (Å²) in [6.07, 6.45) is 4.21. The average molecular weight is 374 g/mol. The lowest BCUT2D eigenvalue weighted by molar-refractivity contribution is 0.207. The second kappa shape index (κ2) is 7.84. The number of fused-ring (bicyclic) bond motifs is 1. The van der Waals surface area contributed by atoms with Crippen LogP contribution in [-0.2, 0) is 19.4 Å². The Bertz CT molecular complexity index is 921. The van der Waals surface area contributed by atoms with Gasteiger partial charge in [0, 0.05) is 22.8 Å². The standard InChI is InChI=1S/C25H27NS/c1-4-19-11-13-20(14-12-19)17-26-16-15-23-22(5-2)18(3)27-25(23)24(26)21-9-7-6-8-10-21/h4,6-14,24H,1,5,15-17H2,2-3H3. The Morgan fingerprint density at radius 1 is 1.11 bits per heavy atom. The molecule has 1 unspecified atom stereocenters. The number of thiophene rings is 1. The summed E-state index contributed by atoms with van der Waals surface area (Å²) in [6.45, 7) is 10.5. The first-order valence-corrected chi connectivity index (χ1v) is 10.6. The van der Waals surface area contributed by atoms with Crippen molar-refractivity contribution in [2.45, 2.75) is 39.3 Å². The van der Waals surface area contributed by atoms with Crippen molar-refractivity contribution in [3.8, 4) is 0 Å². The van der Waals surface area contributed by atoms with E-state index in [2.05, 4.69) is 79.9 Å². The maximum absolute atomic E-state index is 3.86. The van der Waals surface area contributed by atoms with Crippen LogP contribution in [0, 0.1) is 6.92 Å². The third-order valence-corrected chi connectivity index (χ3v) is 6.92. The Labute approximate surface area is 167 Å². The maximum atomic E-state index is 3.86. The molecular weight excluding hydrogens is 346 g/mol. The van der Waals surface area contributed by atoms with Crippen LogP contribution in [0.25, 0.3) is 6.08 Å². The molecule has 1 aliphatic rings. The Balaban J connectivity index is 1.72. The summed E-state index contributed by atoms with van der Waals surface area (Å²) in [4.78, 5) is 5.71. The van der Waals surface area contributed by atoms with E-state index < -0.39 is 0 Å². The first-order valence-electron chi connectivity index (χ1n) is 9.82. The number of nitrogens with zero attached hydrogens (tertiary/aromatic N) is 1. The topological polar surface area (TPSA) is 3.24 Å². The average Bonchev–Trinajstić information content (AvgIpc) is 3.04. The van der Waals surface area contributed by atoms with Gasteiger partial charge < -0.3 is 0 Å². The maximum Gasteiger partial charge on any atom is 0.0702 e. The van der Waals surface area contributed by atoms with Gasteiger partial charge in [0.2, 0.25) is 0 Å². The lowest BCUT2D eigenvalue weighted by Crippen LogP contribution is -2.35. The van der Waals surface area contributed by atoms with Gasteiger partial charge in [0.25, 0.3) is 0 Å². The van der Waals surface area contributed by atoms with Crippen LogP contribution >= 0.6 is 11.3 Å². The molecule has 0 spiro atoms. The first-order chi connectivity index (χ1) is 13.2. The van der Waals surface area contributed by atoms with E-state index >= 15 is 0 Å². The number of aryl methyl sites for hydroxylation is 1. The monoisotopic (exact) mass is 373 g/mol. The smallest absolute Gasteiger partial charge is 0.0702 e. The minimum Gasteiger partial charge on any atom is -0.287 e. The van der Waals surface area contributed by atoms with Crippen molar-refractivity contribution in [1.29, 1.82) is 0 Å². The zero-order chi connectivity index (χ0) is 18.8. The van der Waals surface area contributed by atoms with E-state index in [-0.39, 0.29) is 0 Å². The predicted molar refractivity (Wildman–Crippen MR) is 117 cm³/mol. The Kier molecular flexibility index (Phi) is 5.29. The van der Waals surface area contributed by atoms with E-state index in [0.29, 0.717) is 6.04 Å². The second-order valence-electron chi connectivity index (χ2n) is 7.31. The molecule has 0 amide bonds. The number of benzene rings is 2. The Hall–Kier alpha value is -2.16. The summed E-state index contributed by atoms with van der Waals surface area (Å²) in [5, 5.41) is 0. The van der Waals surface area contributed by atoms with Crippen LogP contribution in [0.5, 0.6) is 0 Å². The molecule has 0 saturated carbocycles. The van der Waals surface area contributed by atoms with Gasteiger partial charge in [0.15, 0.2) is 0 Å². The van der Waals surface area contributed by atoms with E-state index in [0.717, 1.165) is 25.9 Å². The summed E-state index contributed by atoms with van der Waals surface area (Å²) in [6, 6.07) is 20.2. The number of rotatable bonds is 5. The van der Waals surface area contributed by atoms with Gasteiger partial charge in [0.1, 0.15) is 0 Å². The van der Waals surface area contributed by atoms with Crippen LogP contribution in [0.2, 0.25) is 0 Å². The summed E-state index contributed by atoms with van der Waals surface area (Å²) in [5.74, 6) is 0. The van der Waals surface area contributed by atoms with E-state index in [1.165, 1.54) is 21.6 Å². The molecule has 0 radical (unpaired) electrons. The van der Waals surface area contributed by atoms with Gasteiger partial charge in [-0.3, -0.25) is 4.90 Å². The van der Waals surface area contributed by atoms with Crippen molar-refractivity contribution in [3.05, 3.63) is 98.7 Å². The summed E-state index contributed by atoms with van der Waals surface area (Å²) in [7, 11) is 0. The van der Waals surface area contributed by atoms with Crippen LogP contribution in [0.4, 0.5) is 0 Å². The van der Waals surface area contributed by atoms with Gasteiger partial charge in [-0.15, -0.1) is 11.3 Å². The van der Waals surface area contributed by atoms with E-state index in [1.807, 2.05) is 17.4 Å². The highest BCUT2D eigenvalue weighted by Gasteiger charge is 2.32. The Morgan fingerprint density at radius 2 is 1.85 bits per heavy atom. The van der Waals surface area contributed by atoms with Gasteiger partial charge in [0.05, 0.1) is 6.04 Å². The molecule has 2 heterocycles. The fraction of sp³-hybridized carbons (Fsp3) is 0.280. The van der Waals surface area contributed by atoms with Crippen molar-refractivity contribution >= 4 is 17.4 Å². The molecule has 0 saturated heterocycles. The van der Waals surface area contributed by atoms with Gasteiger partial charge in [-0.2, -0.15) is 0 Å². The molecule has 2 aromatic carbocycles. The van der Waals surface area contributed by atoms with Crippen molar-refractivity contribution in [2.24, 2.45) is 0 Å². The zero-order valence-electron chi connectivity index (χ0n) is 16.2. The minimum atomic E-state index is 0.359. The molecule has 0 fully saturated rings. The van der Waals surface area contributed by atoms with Crippen molar-refractivity contribution in [2.75, 3.05) is 6.54 Å². The van der Waals surface area contributed by atoms with Gasteiger partial charge in [-0.25, -0.2) is 0 Å². The van der Waals surface area contributed by atoms with Crippen LogP contribution in [0.15, 0.2) is 61.2 Å². The van der Waals surface area contributed by atoms with Crippen LogP contribution in [-0.4, -0.2) is 11.4 Å². The van der Waals surface area contributed by atoms with Gasteiger partial charge in [-0.1, -0.05) is 74.2 Å². The van der Waals surface area contributed by atoms with Crippen LogP contribution in [0.3, 0.4) is 0 Å². The lowest BCUT2D eigenvalue weighted by Gasteiger charge is -2.36. The highest BCUT2D eigenvalue weighted by molar-refractivity contribution is 7.12. The molecule has 0 bridgehead atoms. The van der Waals surface area contributed by atoms with Crippen molar-refractivity contribution in [3.63, 3.8) is 0 Å². The number of hydrogen-bond acceptors (Lipinski definition) is 2. The molecule has 1 aromatic heterocycles. The highest BCUT2D eigenvalue weighted by Crippen LogP contribution is 2.43. The van der Waals surface area contributed by atoms with E-state index in [9.17, 15) is 0 Å². The van der Waals surface area contributed by atoms with Gasteiger partial charge >= 0.3 is 0 Å². The summed E-state index contributed by atoms with van der Waals surface area (Å²) < 4.78 is 0. The summed E-state index contributed by atoms with van der Waals surface area (Å²) >= 11 is 2.01. The molecule has 2 heteroatoms. The molecule has 4 rings (SSSR count). The van der Waals surface area contributed by atoms with E-state index in [1.54, 1.807) is 16.0 Å². The predicted octanol–water partition coefficient (Wildman–Crippen LogP) is 6.41. The van der Waals surface area contributed by atoms with Crippen molar-refractivity contribution in [1.82, 2.24) is 4.90 Å². The highest BCUT2D eigenvalue weighted by atomic mass is 32.1. The van der Waals surface area contributed by atoms with Gasteiger partial charge in [-0.05, 0) is 47.6 Å². The molecule has 3 aromatic rings. The fourth-order valence-electron chi connectivity index (χ4n) is 4.32.